The average Bonchev–Trinajstić information content (AvgIpc) is 2.67. The van der Waals surface area contributed by atoms with Gasteiger partial charge in [0.2, 0.25) is 0 Å². The summed E-state index contributed by atoms with van der Waals surface area (Å²) in [4.78, 5) is 33.5. The third-order valence-electron chi connectivity index (χ3n) is 5.01. The summed E-state index contributed by atoms with van der Waals surface area (Å²) in [5.74, 6) is -0.108. The third-order valence-corrected chi connectivity index (χ3v) is 5.01. The fourth-order valence-electron chi connectivity index (χ4n) is 3.57. The number of rotatable bonds is 5. The molecule has 2 aromatic carbocycles. The normalized spacial score (nSPS) is 22.4. The van der Waals surface area contributed by atoms with Crippen molar-refractivity contribution >= 4 is 17.2 Å². The summed E-state index contributed by atoms with van der Waals surface area (Å²) in [7, 11) is 0. The number of non-ortho nitro benzene ring substituents is 2. The maximum absolute atomic E-state index is 12.7. The lowest BCUT2D eigenvalue weighted by Crippen LogP contribution is -2.42. The number of piperidine rings is 1. The second kappa shape index (κ2) is 7.63. The maximum atomic E-state index is 12.7. The van der Waals surface area contributed by atoms with Crippen molar-refractivity contribution in [3.05, 3.63) is 79.9 Å². The van der Waals surface area contributed by atoms with Crippen LogP contribution in [-0.2, 0) is 4.79 Å². The highest BCUT2D eigenvalue weighted by atomic mass is 16.6. The molecule has 27 heavy (non-hydrogen) atoms. The number of benzene rings is 2. The van der Waals surface area contributed by atoms with Crippen LogP contribution in [0.25, 0.3) is 0 Å². The standard InChI is InChI=1S/C19H19N3O5/c1-2-16-18(23)11-17(12-3-7-14(8-4-12)21(24)25)20-19(16)13-5-9-15(10-6-13)22(26)27/h3-10,16-17,19-20H,2,11H2,1H3/t16-,17-,19-/m1/s1. The van der Waals surface area contributed by atoms with E-state index in [2.05, 4.69) is 5.32 Å². The molecule has 0 amide bonds. The Morgan fingerprint density at radius 3 is 1.85 bits per heavy atom. The predicted octanol–water partition coefficient (Wildman–Crippen LogP) is 3.87. The number of nitro benzene ring substituents is 2. The maximum Gasteiger partial charge on any atom is 0.269 e. The van der Waals surface area contributed by atoms with Crippen LogP contribution in [0.2, 0.25) is 0 Å². The minimum Gasteiger partial charge on any atom is -0.302 e. The predicted molar refractivity (Wildman–Crippen MR) is 98.2 cm³/mol. The zero-order valence-corrected chi connectivity index (χ0v) is 14.7. The molecule has 140 valence electrons. The quantitative estimate of drug-likeness (QED) is 0.632. The molecule has 1 N–H and O–H groups in total. The van der Waals surface area contributed by atoms with Crippen molar-refractivity contribution in [2.24, 2.45) is 5.92 Å². The van der Waals surface area contributed by atoms with Gasteiger partial charge in [0.1, 0.15) is 5.78 Å². The van der Waals surface area contributed by atoms with Crippen LogP contribution in [0.4, 0.5) is 11.4 Å². The lowest BCUT2D eigenvalue weighted by molar-refractivity contribution is -0.385. The SMILES string of the molecule is CC[C@@H]1C(=O)C[C@H](c2ccc([N+](=O)[O-])cc2)N[C@@H]1c1ccc([N+](=O)[O-])cc1. The summed E-state index contributed by atoms with van der Waals surface area (Å²) in [5.41, 5.74) is 1.61. The van der Waals surface area contributed by atoms with Crippen LogP contribution in [-0.4, -0.2) is 15.6 Å². The molecule has 8 heteroatoms. The monoisotopic (exact) mass is 369 g/mol. The molecule has 0 unspecified atom stereocenters. The number of nitrogens with one attached hydrogen (secondary N) is 1. The van der Waals surface area contributed by atoms with Crippen molar-refractivity contribution in [1.29, 1.82) is 0 Å². The zero-order chi connectivity index (χ0) is 19.6. The molecule has 0 saturated carbocycles. The molecule has 8 nitrogen and oxygen atoms in total. The number of Topliss-reactive ketones (excluding diaryl/α,β-unsaturated/α-hetero) is 1. The van der Waals surface area contributed by atoms with Gasteiger partial charge >= 0.3 is 0 Å². The molecule has 0 spiro atoms. The first-order valence-corrected chi connectivity index (χ1v) is 8.68. The Bertz CT molecular complexity index is 864. The summed E-state index contributed by atoms with van der Waals surface area (Å²) in [6, 6.07) is 11.8. The molecule has 1 saturated heterocycles. The van der Waals surface area contributed by atoms with Crippen LogP contribution in [0.3, 0.4) is 0 Å². The van der Waals surface area contributed by atoms with Gasteiger partial charge in [-0.25, -0.2) is 0 Å². The van der Waals surface area contributed by atoms with Gasteiger partial charge in [0.05, 0.1) is 9.85 Å². The van der Waals surface area contributed by atoms with Gasteiger partial charge in [0, 0.05) is 48.7 Å². The van der Waals surface area contributed by atoms with Crippen LogP contribution < -0.4 is 5.32 Å². The molecule has 1 aliphatic rings. The lowest BCUT2D eigenvalue weighted by atomic mass is 9.79. The molecular weight excluding hydrogens is 350 g/mol. The molecule has 0 aromatic heterocycles. The van der Waals surface area contributed by atoms with E-state index in [-0.39, 0.29) is 35.2 Å². The summed E-state index contributed by atoms with van der Waals surface area (Å²) < 4.78 is 0. The fourth-order valence-corrected chi connectivity index (χ4v) is 3.57. The first kappa shape index (κ1) is 18.7. The smallest absolute Gasteiger partial charge is 0.269 e. The van der Waals surface area contributed by atoms with Crippen LogP contribution in [0.5, 0.6) is 0 Å². The highest BCUT2D eigenvalue weighted by molar-refractivity contribution is 5.83. The highest BCUT2D eigenvalue weighted by Gasteiger charge is 2.36. The minimum atomic E-state index is -0.462. The third kappa shape index (κ3) is 3.85. The Morgan fingerprint density at radius 2 is 1.41 bits per heavy atom. The summed E-state index contributed by atoms with van der Waals surface area (Å²) >= 11 is 0. The van der Waals surface area contributed by atoms with E-state index in [9.17, 15) is 25.0 Å². The molecule has 0 radical (unpaired) electrons. The van der Waals surface area contributed by atoms with Crippen molar-refractivity contribution < 1.29 is 14.6 Å². The Morgan fingerprint density at radius 1 is 0.926 bits per heavy atom. The van der Waals surface area contributed by atoms with E-state index < -0.39 is 9.85 Å². The average molecular weight is 369 g/mol. The Hall–Kier alpha value is -3.13. The molecule has 3 atom stereocenters. The van der Waals surface area contributed by atoms with Gasteiger partial charge in [-0.1, -0.05) is 31.2 Å². The van der Waals surface area contributed by atoms with Crippen LogP contribution in [0, 0.1) is 26.1 Å². The van der Waals surface area contributed by atoms with E-state index in [1.807, 2.05) is 6.92 Å². The Kier molecular flexibility index (Phi) is 5.27. The summed E-state index contributed by atoms with van der Waals surface area (Å²) in [5, 5.41) is 25.1. The lowest BCUT2D eigenvalue weighted by Gasteiger charge is -2.36. The largest absolute Gasteiger partial charge is 0.302 e. The zero-order valence-electron chi connectivity index (χ0n) is 14.7. The first-order chi connectivity index (χ1) is 12.9. The van der Waals surface area contributed by atoms with Crippen molar-refractivity contribution in [1.82, 2.24) is 5.32 Å². The second-order valence-electron chi connectivity index (χ2n) is 6.58. The molecule has 1 aliphatic heterocycles. The van der Waals surface area contributed by atoms with Crippen molar-refractivity contribution in [2.45, 2.75) is 31.8 Å². The van der Waals surface area contributed by atoms with E-state index in [1.54, 1.807) is 24.3 Å². The second-order valence-corrected chi connectivity index (χ2v) is 6.58. The number of ketones is 1. The van der Waals surface area contributed by atoms with Gasteiger partial charge in [-0.15, -0.1) is 0 Å². The number of nitro groups is 2. The van der Waals surface area contributed by atoms with Gasteiger partial charge < -0.3 is 5.32 Å². The number of hydrogen-bond donors (Lipinski definition) is 1. The summed E-state index contributed by atoms with van der Waals surface area (Å²) in [6.07, 6.45) is 0.959. The number of carbonyl (C=O) groups is 1. The number of hydrogen-bond acceptors (Lipinski definition) is 6. The van der Waals surface area contributed by atoms with Crippen molar-refractivity contribution in [3.63, 3.8) is 0 Å². The van der Waals surface area contributed by atoms with Crippen molar-refractivity contribution in [2.75, 3.05) is 0 Å². The highest BCUT2D eigenvalue weighted by Crippen LogP contribution is 2.37. The van der Waals surface area contributed by atoms with Gasteiger partial charge in [-0.05, 0) is 17.5 Å². The van der Waals surface area contributed by atoms with Gasteiger partial charge in [-0.3, -0.25) is 25.0 Å². The van der Waals surface area contributed by atoms with Crippen LogP contribution in [0.15, 0.2) is 48.5 Å². The molecular formula is C19H19N3O5. The van der Waals surface area contributed by atoms with E-state index in [0.717, 1.165) is 11.1 Å². The Labute approximate surface area is 155 Å². The molecule has 3 rings (SSSR count). The van der Waals surface area contributed by atoms with Crippen LogP contribution >= 0.6 is 0 Å². The van der Waals surface area contributed by atoms with E-state index in [0.29, 0.717) is 12.8 Å². The van der Waals surface area contributed by atoms with E-state index >= 15 is 0 Å². The summed E-state index contributed by atoms with van der Waals surface area (Å²) in [6.45, 7) is 1.94. The Balaban J connectivity index is 1.88. The number of carbonyl (C=O) groups excluding carboxylic acids is 1. The van der Waals surface area contributed by atoms with Gasteiger partial charge in [-0.2, -0.15) is 0 Å². The topological polar surface area (TPSA) is 115 Å². The van der Waals surface area contributed by atoms with E-state index in [1.165, 1.54) is 24.3 Å². The first-order valence-electron chi connectivity index (χ1n) is 8.68. The fraction of sp³-hybridized carbons (Fsp3) is 0.316. The number of nitrogens with zero attached hydrogens (tertiary/aromatic N) is 2. The van der Waals surface area contributed by atoms with Gasteiger partial charge in [0.15, 0.2) is 0 Å². The molecule has 0 bridgehead atoms. The van der Waals surface area contributed by atoms with Gasteiger partial charge in [0.25, 0.3) is 11.4 Å². The molecule has 1 fully saturated rings. The molecule has 0 aliphatic carbocycles. The van der Waals surface area contributed by atoms with Crippen molar-refractivity contribution in [3.8, 4) is 0 Å². The van der Waals surface area contributed by atoms with E-state index in [4.69, 9.17) is 0 Å². The molecule has 1 heterocycles. The minimum absolute atomic E-state index is 0.000704. The van der Waals surface area contributed by atoms with Crippen LogP contribution in [0.1, 0.15) is 43.0 Å². The molecule has 2 aromatic rings.